The molecule has 1 heterocycles. The average molecular weight is 334 g/mol. The lowest BCUT2D eigenvalue weighted by Gasteiger charge is -2.23. The number of sulfonamides is 1. The van der Waals surface area contributed by atoms with Crippen LogP contribution in [0.15, 0.2) is 47.5 Å². The Labute approximate surface area is 137 Å². The highest BCUT2D eigenvalue weighted by molar-refractivity contribution is 7.89. The van der Waals surface area contributed by atoms with Crippen LogP contribution < -0.4 is 14.5 Å². The first-order valence-electron chi connectivity index (χ1n) is 7.21. The lowest BCUT2D eigenvalue weighted by Crippen LogP contribution is -2.21. The quantitative estimate of drug-likeness (QED) is 0.871. The van der Waals surface area contributed by atoms with Crippen molar-refractivity contribution >= 4 is 21.5 Å². The zero-order chi connectivity index (χ0) is 17.0. The molecule has 0 aliphatic heterocycles. The zero-order valence-corrected chi connectivity index (χ0v) is 14.6. The van der Waals surface area contributed by atoms with Gasteiger partial charge >= 0.3 is 0 Å². The lowest BCUT2D eigenvalue weighted by molar-refractivity contribution is 0.588. The molecule has 6 nitrogen and oxygen atoms in total. The van der Waals surface area contributed by atoms with Gasteiger partial charge in [0.05, 0.1) is 0 Å². The minimum absolute atomic E-state index is 0.158. The molecule has 0 saturated carbocycles. The standard InChI is InChI=1S/C16H22N4O2S/c1-17-23(21,22)14-9-10-16(18-11-14)20(4)12-13-7-5-6-8-15(13)19(2)3/h5-11,17H,12H2,1-4H3. The van der Waals surface area contributed by atoms with Gasteiger partial charge in [0.1, 0.15) is 10.7 Å². The first-order valence-corrected chi connectivity index (χ1v) is 8.69. The maximum atomic E-state index is 11.7. The van der Waals surface area contributed by atoms with E-state index in [1.807, 2.05) is 38.2 Å². The molecule has 1 N–H and O–H groups in total. The summed E-state index contributed by atoms with van der Waals surface area (Å²) in [6, 6.07) is 11.4. The number of anilines is 2. The second kappa shape index (κ2) is 6.97. The molecule has 1 aromatic carbocycles. The number of nitrogens with zero attached hydrogens (tertiary/aromatic N) is 3. The summed E-state index contributed by atoms with van der Waals surface area (Å²) in [5.41, 5.74) is 2.32. The van der Waals surface area contributed by atoms with E-state index >= 15 is 0 Å². The van der Waals surface area contributed by atoms with Gasteiger partial charge in [0.2, 0.25) is 10.0 Å². The summed E-state index contributed by atoms with van der Waals surface area (Å²) < 4.78 is 25.7. The Bertz CT molecular complexity index is 758. The Kier molecular flexibility index (Phi) is 5.23. The minimum Gasteiger partial charge on any atom is -0.377 e. The molecule has 0 fully saturated rings. The Hall–Kier alpha value is -2.12. The summed E-state index contributed by atoms with van der Waals surface area (Å²) in [7, 11) is 3.88. The molecular weight excluding hydrogens is 312 g/mol. The number of para-hydroxylation sites is 1. The first-order chi connectivity index (χ1) is 10.8. The van der Waals surface area contributed by atoms with Gasteiger partial charge in [-0.25, -0.2) is 18.1 Å². The molecule has 124 valence electrons. The molecule has 0 aliphatic rings. The van der Waals surface area contributed by atoms with Crippen LogP contribution in [0.5, 0.6) is 0 Å². The van der Waals surface area contributed by atoms with E-state index in [1.54, 1.807) is 12.1 Å². The van der Waals surface area contributed by atoms with Crippen molar-refractivity contribution in [3.05, 3.63) is 48.2 Å². The molecule has 0 atom stereocenters. The molecule has 0 radical (unpaired) electrons. The highest BCUT2D eigenvalue weighted by Crippen LogP contribution is 2.22. The van der Waals surface area contributed by atoms with Crippen LogP contribution in [0, 0.1) is 0 Å². The largest absolute Gasteiger partial charge is 0.377 e. The number of rotatable bonds is 6. The van der Waals surface area contributed by atoms with Crippen molar-refractivity contribution in [2.75, 3.05) is 38.0 Å². The van der Waals surface area contributed by atoms with Gasteiger partial charge in [0, 0.05) is 39.6 Å². The van der Waals surface area contributed by atoms with Crippen molar-refractivity contribution in [2.45, 2.75) is 11.4 Å². The van der Waals surface area contributed by atoms with Crippen molar-refractivity contribution in [2.24, 2.45) is 0 Å². The van der Waals surface area contributed by atoms with Gasteiger partial charge < -0.3 is 9.80 Å². The van der Waals surface area contributed by atoms with Gasteiger partial charge in [0.25, 0.3) is 0 Å². The number of hydrogen-bond acceptors (Lipinski definition) is 5. The molecule has 1 aromatic heterocycles. The molecule has 0 unspecified atom stereocenters. The van der Waals surface area contributed by atoms with Crippen LogP contribution in [0.1, 0.15) is 5.56 Å². The van der Waals surface area contributed by atoms with Crippen molar-refractivity contribution in [1.29, 1.82) is 0 Å². The second-order valence-electron chi connectivity index (χ2n) is 5.44. The van der Waals surface area contributed by atoms with Crippen LogP contribution in [-0.4, -0.2) is 41.6 Å². The Morgan fingerprint density at radius 2 is 1.78 bits per heavy atom. The summed E-state index contributed by atoms with van der Waals surface area (Å²) in [6.07, 6.45) is 1.37. The molecule has 0 bridgehead atoms. The molecule has 0 saturated heterocycles. The molecule has 23 heavy (non-hydrogen) atoms. The summed E-state index contributed by atoms with van der Waals surface area (Å²) in [5, 5.41) is 0. The molecule has 0 spiro atoms. The molecule has 0 aliphatic carbocycles. The van der Waals surface area contributed by atoms with E-state index in [9.17, 15) is 8.42 Å². The monoisotopic (exact) mass is 334 g/mol. The van der Waals surface area contributed by atoms with E-state index < -0.39 is 10.0 Å². The number of hydrogen-bond donors (Lipinski definition) is 1. The zero-order valence-electron chi connectivity index (χ0n) is 13.8. The fourth-order valence-corrected chi connectivity index (χ4v) is 2.97. The van der Waals surface area contributed by atoms with Crippen LogP contribution in [0.4, 0.5) is 11.5 Å². The van der Waals surface area contributed by atoms with E-state index in [1.165, 1.54) is 18.8 Å². The van der Waals surface area contributed by atoms with Gasteiger partial charge in [0.15, 0.2) is 0 Å². The molecule has 7 heteroatoms. The number of nitrogens with one attached hydrogen (secondary N) is 1. The summed E-state index contributed by atoms with van der Waals surface area (Å²) in [5.74, 6) is 0.716. The van der Waals surface area contributed by atoms with Crippen molar-refractivity contribution in [3.8, 4) is 0 Å². The van der Waals surface area contributed by atoms with Crippen LogP contribution in [0.25, 0.3) is 0 Å². The minimum atomic E-state index is -3.46. The Balaban J connectivity index is 2.20. The summed E-state index contributed by atoms with van der Waals surface area (Å²) in [4.78, 5) is 8.47. The van der Waals surface area contributed by atoms with Gasteiger partial charge in [-0.15, -0.1) is 0 Å². The topological polar surface area (TPSA) is 65.5 Å². The third-order valence-electron chi connectivity index (χ3n) is 3.57. The fourth-order valence-electron chi connectivity index (χ4n) is 2.29. The Morgan fingerprint density at radius 3 is 2.35 bits per heavy atom. The van der Waals surface area contributed by atoms with E-state index in [0.29, 0.717) is 12.4 Å². The lowest BCUT2D eigenvalue weighted by atomic mass is 10.1. The third-order valence-corrected chi connectivity index (χ3v) is 4.97. The third kappa shape index (κ3) is 4.00. The van der Waals surface area contributed by atoms with Crippen LogP contribution in [-0.2, 0) is 16.6 Å². The van der Waals surface area contributed by atoms with E-state index in [2.05, 4.69) is 26.7 Å². The van der Waals surface area contributed by atoms with Crippen molar-refractivity contribution < 1.29 is 8.42 Å². The average Bonchev–Trinajstić information content (AvgIpc) is 2.55. The maximum absolute atomic E-state index is 11.7. The maximum Gasteiger partial charge on any atom is 0.241 e. The van der Waals surface area contributed by atoms with Gasteiger partial charge in [-0.2, -0.15) is 0 Å². The van der Waals surface area contributed by atoms with E-state index in [-0.39, 0.29) is 4.90 Å². The van der Waals surface area contributed by atoms with E-state index in [0.717, 1.165) is 5.69 Å². The smallest absolute Gasteiger partial charge is 0.241 e. The fraction of sp³-hybridized carbons (Fsp3) is 0.312. The normalized spacial score (nSPS) is 11.3. The summed E-state index contributed by atoms with van der Waals surface area (Å²) in [6.45, 7) is 0.680. The molecular formula is C16H22N4O2S. The van der Waals surface area contributed by atoms with Crippen LogP contribution in [0.2, 0.25) is 0 Å². The predicted molar refractivity (Wildman–Crippen MR) is 93.4 cm³/mol. The van der Waals surface area contributed by atoms with Gasteiger partial charge in [-0.3, -0.25) is 0 Å². The van der Waals surface area contributed by atoms with Crippen LogP contribution in [0.3, 0.4) is 0 Å². The van der Waals surface area contributed by atoms with Crippen LogP contribution >= 0.6 is 0 Å². The first kappa shape index (κ1) is 17.2. The highest BCUT2D eigenvalue weighted by Gasteiger charge is 2.13. The second-order valence-corrected chi connectivity index (χ2v) is 7.33. The predicted octanol–water partition coefficient (Wildman–Crippen LogP) is 1.69. The van der Waals surface area contributed by atoms with Crippen molar-refractivity contribution in [3.63, 3.8) is 0 Å². The summed E-state index contributed by atoms with van der Waals surface area (Å²) >= 11 is 0. The SMILES string of the molecule is CNS(=O)(=O)c1ccc(N(C)Cc2ccccc2N(C)C)nc1. The molecule has 2 rings (SSSR count). The van der Waals surface area contributed by atoms with E-state index in [4.69, 9.17) is 0 Å². The highest BCUT2D eigenvalue weighted by atomic mass is 32.2. The molecule has 2 aromatic rings. The Morgan fingerprint density at radius 1 is 1.09 bits per heavy atom. The van der Waals surface area contributed by atoms with Gasteiger partial charge in [-0.1, -0.05) is 18.2 Å². The number of pyridine rings is 1. The molecule has 0 amide bonds. The number of aromatic nitrogens is 1. The number of benzene rings is 1. The van der Waals surface area contributed by atoms with Crippen molar-refractivity contribution in [1.82, 2.24) is 9.71 Å². The van der Waals surface area contributed by atoms with Gasteiger partial charge in [-0.05, 0) is 30.8 Å².